The Morgan fingerprint density at radius 3 is 2.44 bits per heavy atom. The van der Waals surface area contributed by atoms with Gasteiger partial charge >= 0.3 is 80.4 Å². The molecule has 1 aromatic heterocycles. The van der Waals surface area contributed by atoms with Gasteiger partial charge in [-0.25, -0.2) is 13.9 Å². The van der Waals surface area contributed by atoms with Crippen molar-refractivity contribution in [3.63, 3.8) is 0 Å². The second-order valence-electron chi connectivity index (χ2n) is 5.25. The Balaban J connectivity index is 0.00000338. The standard InChI is InChI=1S/C10H16N2O11P2.2Na.2H/c1-5-3-12(10(15)11-9(5)14)8-2-6(13)7(22-8)4-21-25(19,20)23-24(16,17)18;;;;/h3,6-8,13H,2,4H2,1H3,(H,19,20)(H,11,14,15)(H2,16,17,18);;;;/t6-,7+,8+;;;;/m0..../s1. The average molecular weight is 450 g/mol. The summed E-state index contributed by atoms with van der Waals surface area (Å²) in [6.45, 7) is 0.727. The predicted molar refractivity (Wildman–Crippen MR) is 93.8 cm³/mol. The average Bonchev–Trinajstić information content (AvgIpc) is 2.79. The number of rotatable bonds is 6. The van der Waals surface area contributed by atoms with Crippen LogP contribution in [0.2, 0.25) is 0 Å². The third-order valence-electron chi connectivity index (χ3n) is 3.27. The van der Waals surface area contributed by atoms with E-state index in [0.717, 1.165) is 4.57 Å². The Hall–Kier alpha value is 0.860. The number of phosphoric ester groups is 1. The van der Waals surface area contributed by atoms with Crippen LogP contribution >= 0.6 is 15.6 Å². The zero-order chi connectivity index (χ0) is 19.0. The number of aromatic amines is 1. The van der Waals surface area contributed by atoms with E-state index in [2.05, 4.69) is 13.8 Å². The van der Waals surface area contributed by atoms with Gasteiger partial charge in [0.1, 0.15) is 12.3 Å². The predicted octanol–water partition coefficient (Wildman–Crippen LogP) is -2.58. The summed E-state index contributed by atoms with van der Waals surface area (Å²) in [7, 11) is -10.3. The fraction of sp³-hybridized carbons (Fsp3) is 0.600. The zero-order valence-electron chi connectivity index (χ0n) is 12.7. The molecule has 4 atom stereocenters. The van der Waals surface area contributed by atoms with Crippen molar-refractivity contribution < 1.29 is 42.5 Å². The number of nitrogens with one attached hydrogen (secondary N) is 1. The van der Waals surface area contributed by atoms with Crippen molar-refractivity contribution >= 4 is 74.8 Å². The van der Waals surface area contributed by atoms with Crippen LogP contribution in [0.5, 0.6) is 0 Å². The van der Waals surface area contributed by atoms with E-state index in [4.69, 9.17) is 14.5 Å². The summed E-state index contributed by atoms with van der Waals surface area (Å²) in [5.74, 6) is 0. The number of ether oxygens (including phenoxy) is 1. The minimum absolute atomic E-state index is 0. The molecule has 0 spiro atoms. The van der Waals surface area contributed by atoms with Crippen LogP contribution in [0.15, 0.2) is 15.8 Å². The van der Waals surface area contributed by atoms with Crippen molar-refractivity contribution in [2.45, 2.75) is 31.8 Å². The summed E-state index contributed by atoms with van der Waals surface area (Å²) >= 11 is 0. The molecule has 13 nitrogen and oxygen atoms in total. The Morgan fingerprint density at radius 1 is 1.30 bits per heavy atom. The Kier molecular flexibility index (Phi) is 11.1. The van der Waals surface area contributed by atoms with Crippen LogP contribution in [-0.2, 0) is 22.7 Å². The number of nitrogens with zero attached hydrogens (tertiary/aromatic N) is 1. The SMILES string of the molecule is Cc1cn([C@H]2C[C@H](O)[C@@H](COP(=O)(O)OP(=O)(O)O)O2)c(=O)[nH]c1=O.[NaH].[NaH]. The van der Waals surface area contributed by atoms with E-state index >= 15 is 0 Å². The summed E-state index contributed by atoms with van der Waals surface area (Å²) in [6, 6.07) is 0. The number of aliphatic hydroxyl groups is 1. The van der Waals surface area contributed by atoms with Gasteiger partial charge in [0.2, 0.25) is 0 Å². The van der Waals surface area contributed by atoms with Crippen molar-refractivity contribution in [2.75, 3.05) is 6.61 Å². The van der Waals surface area contributed by atoms with Gasteiger partial charge in [-0.3, -0.25) is 18.9 Å². The maximum absolute atomic E-state index is 11.8. The van der Waals surface area contributed by atoms with E-state index in [1.54, 1.807) is 0 Å². The van der Waals surface area contributed by atoms with Gasteiger partial charge < -0.3 is 24.5 Å². The van der Waals surface area contributed by atoms with Crippen molar-refractivity contribution in [3.05, 3.63) is 32.6 Å². The van der Waals surface area contributed by atoms with Gasteiger partial charge in [-0.05, 0) is 6.92 Å². The van der Waals surface area contributed by atoms with E-state index < -0.39 is 51.9 Å². The molecular formula is C10H18N2Na2O11P2. The van der Waals surface area contributed by atoms with Gasteiger partial charge in [0.05, 0.1) is 12.7 Å². The van der Waals surface area contributed by atoms with E-state index in [1.165, 1.54) is 13.1 Å². The van der Waals surface area contributed by atoms with Gasteiger partial charge in [0.25, 0.3) is 5.56 Å². The normalized spacial score (nSPS) is 24.6. The van der Waals surface area contributed by atoms with Crippen LogP contribution in [0.4, 0.5) is 0 Å². The third kappa shape index (κ3) is 8.25. The van der Waals surface area contributed by atoms with Gasteiger partial charge in [-0.15, -0.1) is 0 Å². The molecule has 0 aliphatic carbocycles. The Morgan fingerprint density at radius 2 is 1.89 bits per heavy atom. The zero-order valence-corrected chi connectivity index (χ0v) is 14.5. The molecule has 17 heteroatoms. The number of phosphoric acid groups is 2. The van der Waals surface area contributed by atoms with Gasteiger partial charge in [0.15, 0.2) is 0 Å². The number of aryl methyl sites for hydroxylation is 1. The van der Waals surface area contributed by atoms with E-state index in [-0.39, 0.29) is 71.1 Å². The Labute approximate surface area is 196 Å². The molecule has 0 amide bonds. The number of hydrogen-bond donors (Lipinski definition) is 5. The first kappa shape index (κ1) is 27.9. The minimum atomic E-state index is -5.26. The van der Waals surface area contributed by atoms with Crippen LogP contribution in [0.1, 0.15) is 18.2 Å². The molecule has 0 saturated carbocycles. The molecule has 0 radical (unpaired) electrons. The third-order valence-corrected chi connectivity index (χ3v) is 5.42. The van der Waals surface area contributed by atoms with Crippen LogP contribution in [-0.4, -0.2) is 107 Å². The summed E-state index contributed by atoms with van der Waals surface area (Å²) < 4.78 is 36.3. The molecule has 1 saturated heterocycles. The van der Waals surface area contributed by atoms with Gasteiger partial charge in [0, 0.05) is 18.2 Å². The van der Waals surface area contributed by atoms with Crippen molar-refractivity contribution in [2.24, 2.45) is 0 Å². The second-order valence-corrected chi connectivity index (χ2v) is 8.08. The molecule has 1 unspecified atom stereocenters. The monoisotopic (exact) mass is 450 g/mol. The number of aliphatic hydroxyl groups excluding tert-OH is 1. The molecular weight excluding hydrogens is 432 g/mol. The van der Waals surface area contributed by atoms with Crippen molar-refractivity contribution in [1.82, 2.24) is 9.55 Å². The van der Waals surface area contributed by atoms with E-state index in [0.29, 0.717) is 0 Å². The van der Waals surface area contributed by atoms with Gasteiger partial charge in [-0.2, -0.15) is 4.31 Å². The van der Waals surface area contributed by atoms with Crippen LogP contribution in [0.25, 0.3) is 0 Å². The first-order valence-corrected chi connectivity index (χ1v) is 9.80. The fourth-order valence-electron chi connectivity index (χ4n) is 2.16. The molecule has 2 rings (SSSR count). The Bertz CT molecular complexity index is 852. The molecule has 1 aliphatic rings. The molecule has 0 bridgehead atoms. The summed E-state index contributed by atoms with van der Waals surface area (Å²) in [5, 5.41) is 9.91. The van der Waals surface area contributed by atoms with Crippen LogP contribution in [0.3, 0.4) is 0 Å². The molecule has 1 aromatic rings. The summed E-state index contributed by atoms with van der Waals surface area (Å²) in [4.78, 5) is 51.4. The topological polar surface area (TPSA) is 198 Å². The molecule has 27 heavy (non-hydrogen) atoms. The summed E-state index contributed by atoms with van der Waals surface area (Å²) in [5.41, 5.74) is -1.12. The first-order valence-electron chi connectivity index (χ1n) is 6.78. The van der Waals surface area contributed by atoms with Gasteiger partial charge in [-0.1, -0.05) is 0 Å². The first-order chi connectivity index (χ1) is 11.4. The molecule has 2 heterocycles. The van der Waals surface area contributed by atoms with E-state index in [1.807, 2.05) is 0 Å². The molecule has 1 aliphatic heterocycles. The number of aromatic nitrogens is 2. The molecule has 146 valence electrons. The maximum atomic E-state index is 11.8. The van der Waals surface area contributed by atoms with Crippen LogP contribution < -0.4 is 11.2 Å². The number of H-pyrrole nitrogens is 1. The quantitative estimate of drug-likeness (QED) is 0.225. The van der Waals surface area contributed by atoms with Crippen molar-refractivity contribution in [1.29, 1.82) is 0 Å². The van der Waals surface area contributed by atoms with E-state index in [9.17, 15) is 28.7 Å². The molecule has 5 N–H and O–H groups in total. The summed E-state index contributed by atoms with van der Waals surface area (Å²) in [6.07, 6.45) is -2.22. The second kappa shape index (κ2) is 10.8. The molecule has 0 aromatic carbocycles. The fourth-order valence-corrected chi connectivity index (χ4v) is 3.76. The number of hydrogen-bond acceptors (Lipinski definition) is 8. The van der Waals surface area contributed by atoms with Crippen LogP contribution in [0, 0.1) is 6.92 Å². The van der Waals surface area contributed by atoms with Crippen molar-refractivity contribution in [3.8, 4) is 0 Å². The molecule has 1 fully saturated rings.